The van der Waals surface area contributed by atoms with E-state index in [0.717, 1.165) is 51.1 Å². The normalized spacial score (nSPS) is 17.0. The fourth-order valence-corrected chi connectivity index (χ4v) is 4.77. The van der Waals surface area contributed by atoms with Gasteiger partial charge >= 0.3 is 0 Å². The Morgan fingerprint density at radius 1 is 1.32 bits per heavy atom. The molecule has 0 radical (unpaired) electrons. The number of benzene rings is 2. The lowest BCUT2D eigenvalue weighted by molar-refractivity contribution is 0.411. The Balaban J connectivity index is 1.72. The SMILES string of the molecule is COc1ccc(Br)cc1CSc1c(Cl)cccc1CNC1CCNC1. The maximum atomic E-state index is 6.49. The summed E-state index contributed by atoms with van der Waals surface area (Å²) in [6, 6.07) is 12.8. The van der Waals surface area contributed by atoms with Gasteiger partial charge in [-0.25, -0.2) is 0 Å². The van der Waals surface area contributed by atoms with Crippen molar-refractivity contribution in [2.24, 2.45) is 0 Å². The molecular formula is C19H22BrClN2OS. The van der Waals surface area contributed by atoms with E-state index in [2.05, 4.69) is 38.7 Å². The predicted octanol–water partition coefficient (Wildman–Crippen LogP) is 4.85. The summed E-state index contributed by atoms with van der Waals surface area (Å²) in [7, 11) is 1.71. The van der Waals surface area contributed by atoms with Crippen LogP contribution in [0, 0.1) is 0 Å². The first-order chi connectivity index (χ1) is 12.2. The second kappa shape index (κ2) is 9.28. The molecule has 1 aliphatic rings. The molecule has 0 aromatic heterocycles. The van der Waals surface area contributed by atoms with Crippen molar-refractivity contribution >= 4 is 39.3 Å². The summed E-state index contributed by atoms with van der Waals surface area (Å²) in [6.45, 7) is 2.97. The number of hydrogen-bond acceptors (Lipinski definition) is 4. The number of ether oxygens (including phenoxy) is 1. The van der Waals surface area contributed by atoms with E-state index in [1.807, 2.05) is 24.3 Å². The van der Waals surface area contributed by atoms with Gasteiger partial charge in [-0.3, -0.25) is 0 Å². The van der Waals surface area contributed by atoms with Gasteiger partial charge in [0, 0.05) is 39.8 Å². The van der Waals surface area contributed by atoms with Gasteiger partial charge in [0.2, 0.25) is 0 Å². The van der Waals surface area contributed by atoms with Gasteiger partial charge in [0.15, 0.2) is 0 Å². The van der Waals surface area contributed by atoms with Crippen LogP contribution in [-0.2, 0) is 12.3 Å². The topological polar surface area (TPSA) is 33.3 Å². The summed E-state index contributed by atoms with van der Waals surface area (Å²) in [5.41, 5.74) is 2.40. The lowest BCUT2D eigenvalue weighted by atomic mass is 10.2. The zero-order valence-corrected chi connectivity index (χ0v) is 17.3. The molecule has 1 saturated heterocycles. The lowest BCUT2D eigenvalue weighted by Crippen LogP contribution is -2.30. The maximum absolute atomic E-state index is 6.49. The maximum Gasteiger partial charge on any atom is 0.122 e. The minimum atomic E-state index is 0.544. The Kier molecular flexibility index (Phi) is 7.08. The van der Waals surface area contributed by atoms with Crippen molar-refractivity contribution in [3.05, 3.63) is 57.0 Å². The molecule has 2 N–H and O–H groups in total. The molecule has 1 unspecified atom stereocenters. The van der Waals surface area contributed by atoms with Crippen molar-refractivity contribution in [1.82, 2.24) is 10.6 Å². The van der Waals surface area contributed by atoms with Crippen LogP contribution in [0.2, 0.25) is 5.02 Å². The monoisotopic (exact) mass is 440 g/mol. The molecule has 0 aliphatic carbocycles. The van der Waals surface area contributed by atoms with E-state index >= 15 is 0 Å². The van der Waals surface area contributed by atoms with Crippen molar-refractivity contribution < 1.29 is 4.74 Å². The van der Waals surface area contributed by atoms with Crippen LogP contribution >= 0.6 is 39.3 Å². The number of methoxy groups -OCH3 is 1. The highest BCUT2D eigenvalue weighted by atomic mass is 79.9. The van der Waals surface area contributed by atoms with Gasteiger partial charge in [0.1, 0.15) is 5.75 Å². The molecule has 0 spiro atoms. The molecule has 0 bridgehead atoms. The molecule has 3 rings (SSSR count). The van der Waals surface area contributed by atoms with Gasteiger partial charge in [0.05, 0.1) is 12.1 Å². The molecule has 6 heteroatoms. The molecule has 1 atom stereocenters. The van der Waals surface area contributed by atoms with Gasteiger partial charge in [0.25, 0.3) is 0 Å². The molecule has 3 nitrogen and oxygen atoms in total. The third-order valence-electron chi connectivity index (χ3n) is 4.30. The van der Waals surface area contributed by atoms with E-state index in [1.165, 1.54) is 12.0 Å². The Morgan fingerprint density at radius 2 is 2.20 bits per heavy atom. The average molecular weight is 442 g/mol. The van der Waals surface area contributed by atoms with E-state index < -0.39 is 0 Å². The number of halogens is 2. The molecule has 1 aliphatic heterocycles. The Hall–Kier alpha value is -0.720. The molecule has 134 valence electrons. The average Bonchev–Trinajstić information content (AvgIpc) is 3.13. The largest absolute Gasteiger partial charge is 0.496 e. The van der Waals surface area contributed by atoms with E-state index in [0.29, 0.717) is 6.04 Å². The quantitative estimate of drug-likeness (QED) is 0.602. The predicted molar refractivity (Wildman–Crippen MR) is 110 cm³/mol. The van der Waals surface area contributed by atoms with E-state index in [4.69, 9.17) is 16.3 Å². The van der Waals surface area contributed by atoms with E-state index in [9.17, 15) is 0 Å². The van der Waals surface area contributed by atoms with Crippen molar-refractivity contribution in [3.63, 3.8) is 0 Å². The van der Waals surface area contributed by atoms with Crippen molar-refractivity contribution in [2.75, 3.05) is 20.2 Å². The molecule has 0 amide bonds. The van der Waals surface area contributed by atoms with Crippen LogP contribution in [0.5, 0.6) is 5.75 Å². The van der Waals surface area contributed by atoms with Crippen LogP contribution in [0.25, 0.3) is 0 Å². The first-order valence-corrected chi connectivity index (χ1v) is 10.5. The first kappa shape index (κ1) is 19.1. The number of thioether (sulfide) groups is 1. The standard InChI is InChI=1S/C19H22BrClN2OS/c1-24-18-6-5-15(20)9-14(18)12-25-19-13(3-2-4-17(19)21)10-23-16-7-8-22-11-16/h2-6,9,16,22-23H,7-8,10-12H2,1H3. The van der Waals surface area contributed by atoms with Gasteiger partial charge in [-0.2, -0.15) is 0 Å². The Morgan fingerprint density at radius 3 is 2.96 bits per heavy atom. The van der Waals surface area contributed by atoms with Crippen LogP contribution in [-0.4, -0.2) is 26.2 Å². The Bertz CT molecular complexity index is 723. The third kappa shape index (κ3) is 5.14. The fraction of sp³-hybridized carbons (Fsp3) is 0.368. The summed E-state index contributed by atoms with van der Waals surface area (Å²) in [6.07, 6.45) is 1.18. The molecule has 2 aromatic carbocycles. The number of rotatable bonds is 7. The van der Waals surface area contributed by atoms with E-state index in [-0.39, 0.29) is 0 Å². The first-order valence-electron chi connectivity index (χ1n) is 8.34. The minimum absolute atomic E-state index is 0.544. The summed E-state index contributed by atoms with van der Waals surface area (Å²) >= 11 is 11.8. The van der Waals surface area contributed by atoms with Crippen LogP contribution in [0.3, 0.4) is 0 Å². The second-order valence-electron chi connectivity index (χ2n) is 6.04. The Labute approximate surface area is 167 Å². The lowest BCUT2D eigenvalue weighted by Gasteiger charge is -2.16. The van der Waals surface area contributed by atoms with Crippen LogP contribution < -0.4 is 15.4 Å². The molecule has 2 aromatic rings. The highest BCUT2D eigenvalue weighted by Crippen LogP contribution is 2.36. The van der Waals surface area contributed by atoms with Gasteiger partial charge < -0.3 is 15.4 Å². The highest BCUT2D eigenvalue weighted by Gasteiger charge is 2.15. The van der Waals surface area contributed by atoms with Crippen molar-refractivity contribution in [1.29, 1.82) is 0 Å². The van der Waals surface area contributed by atoms with E-state index in [1.54, 1.807) is 18.9 Å². The smallest absolute Gasteiger partial charge is 0.122 e. The number of nitrogens with one attached hydrogen (secondary N) is 2. The van der Waals surface area contributed by atoms with Gasteiger partial charge in [-0.1, -0.05) is 39.7 Å². The second-order valence-corrected chi connectivity index (χ2v) is 8.35. The molecule has 25 heavy (non-hydrogen) atoms. The van der Waals surface area contributed by atoms with Gasteiger partial charge in [-0.15, -0.1) is 11.8 Å². The molecule has 0 saturated carbocycles. The summed E-state index contributed by atoms with van der Waals surface area (Å²) in [4.78, 5) is 1.14. The summed E-state index contributed by atoms with van der Waals surface area (Å²) < 4.78 is 6.53. The molecular weight excluding hydrogens is 420 g/mol. The van der Waals surface area contributed by atoms with Crippen LogP contribution in [0.1, 0.15) is 17.5 Å². The highest BCUT2D eigenvalue weighted by molar-refractivity contribution is 9.10. The minimum Gasteiger partial charge on any atom is -0.496 e. The number of hydrogen-bond donors (Lipinski definition) is 2. The molecule has 1 fully saturated rings. The summed E-state index contributed by atoms with van der Waals surface area (Å²) in [5, 5.41) is 7.82. The van der Waals surface area contributed by atoms with Crippen molar-refractivity contribution in [3.8, 4) is 5.75 Å². The third-order valence-corrected chi connectivity index (χ3v) is 6.45. The molecule has 1 heterocycles. The zero-order chi connectivity index (χ0) is 17.6. The fourth-order valence-electron chi connectivity index (χ4n) is 2.95. The van der Waals surface area contributed by atoms with Crippen LogP contribution in [0.4, 0.5) is 0 Å². The van der Waals surface area contributed by atoms with Gasteiger partial charge in [-0.05, 0) is 42.8 Å². The van der Waals surface area contributed by atoms with Crippen LogP contribution in [0.15, 0.2) is 45.8 Å². The van der Waals surface area contributed by atoms with Crippen molar-refractivity contribution in [2.45, 2.75) is 29.7 Å². The zero-order valence-electron chi connectivity index (χ0n) is 14.1. The summed E-state index contributed by atoms with van der Waals surface area (Å²) in [5.74, 6) is 1.71.